The van der Waals surface area contributed by atoms with Crippen LogP contribution < -0.4 is 6.90 Å². The fourth-order valence-corrected chi connectivity index (χ4v) is 4.57. The summed E-state index contributed by atoms with van der Waals surface area (Å²) in [5, 5.41) is 2.62. The molecule has 0 atom stereocenters. The molecule has 0 unspecified atom stereocenters. The molecule has 2 heterocycles. The molecule has 2 aromatic carbocycles. The van der Waals surface area contributed by atoms with Gasteiger partial charge in [0.25, 0.3) is 0 Å². The first-order chi connectivity index (χ1) is 9.38. The molecule has 0 aliphatic rings. The number of hydrogen-bond donors (Lipinski definition) is 2. The van der Waals surface area contributed by atoms with E-state index >= 15 is 0 Å². The predicted molar refractivity (Wildman–Crippen MR) is 75.9 cm³/mol. The van der Waals surface area contributed by atoms with Gasteiger partial charge in [-0.15, -0.1) is 0 Å². The Balaban J connectivity index is 1.73. The molecule has 2 nitrogen and oxygen atoms in total. The van der Waals surface area contributed by atoms with Gasteiger partial charge in [0, 0.05) is 0 Å². The van der Waals surface area contributed by atoms with Crippen molar-refractivity contribution in [2.75, 3.05) is 0 Å². The second kappa shape index (κ2) is 4.49. The number of fused-ring (bicyclic) bond motifs is 2. The minimum absolute atomic E-state index is 0.635. The van der Waals surface area contributed by atoms with Gasteiger partial charge in [-0.1, -0.05) is 0 Å². The first-order valence-electron chi connectivity index (χ1n) is 6.39. The summed E-state index contributed by atoms with van der Waals surface area (Å²) in [6, 6.07) is 21.5. The molecule has 19 heavy (non-hydrogen) atoms. The van der Waals surface area contributed by atoms with E-state index in [0.29, 0.717) is 0 Å². The maximum absolute atomic E-state index is 3.54. The second-order valence-corrected chi connectivity index (χ2v) is 7.16. The molecule has 0 radical (unpaired) electrons. The number of para-hydroxylation sites is 2. The quantitative estimate of drug-likeness (QED) is 0.564. The molecule has 0 aliphatic heterocycles. The van der Waals surface area contributed by atoms with Crippen LogP contribution in [0.25, 0.3) is 21.8 Å². The zero-order valence-electron chi connectivity index (χ0n) is 10.4. The van der Waals surface area contributed by atoms with Crippen LogP contribution in [-0.4, -0.2) is 9.97 Å². The zero-order chi connectivity index (χ0) is 12.7. The molecule has 4 aromatic rings. The summed E-state index contributed by atoms with van der Waals surface area (Å²) in [6.07, 6.45) is 0. The third-order valence-corrected chi connectivity index (χ3v) is 5.36. The van der Waals surface area contributed by atoms with Crippen LogP contribution in [0.1, 0.15) is 0 Å². The monoisotopic (exact) mass is 277 g/mol. The van der Waals surface area contributed by atoms with E-state index in [0.717, 1.165) is 0 Å². The average Bonchev–Trinajstić information content (AvgIpc) is 3.00. The van der Waals surface area contributed by atoms with Gasteiger partial charge in [0.2, 0.25) is 0 Å². The first-order valence-corrected chi connectivity index (χ1v) is 8.19. The van der Waals surface area contributed by atoms with Gasteiger partial charge >= 0.3 is 122 Å². The third kappa shape index (κ3) is 2.08. The molecular weight excluding hydrogens is 265 g/mol. The molecule has 0 saturated carbocycles. The van der Waals surface area contributed by atoms with E-state index < -0.39 is 22.9 Å². The van der Waals surface area contributed by atoms with Crippen molar-refractivity contribution in [3.8, 4) is 0 Å². The molecule has 2 N–H and O–H groups in total. The van der Waals surface area contributed by atoms with Crippen molar-refractivity contribution in [1.82, 2.24) is 9.97 Å². The topological polar surface area (TPSA) is 31.6 Å². The van der Waals surface area contributed by atoms with Crippen LogP contribution in [0.4, 0.5) is 0 Å². The molecule has 4 rings (SSSR count). The van der Waals surface area contributed by atoms with Crippen LogP contribution in [-0.2, 0) is 22.9 Å². The summed E-state index contributed by atoms with van der Waals surface area (Å²) in [5.74, 6) is 0. The van der Waals surface area contributed by atoms with Gasteiger partial charge in [0.05, 0.1) is 0 Å². The normalized spacial score (nSPS) is 10.9. The Kier molecular flexibility index (Phi) is 2.66. The van der Waals surface area contributed by atoms with Crippen LogP contribution in [0, 0.1) is 0 Å². The molecule has 3 heteroatoms. The van der Waals surface area contributed by atoms with Gasteiger partial charge in [-0.3, -0.25) is 0 Å². The van der Waals surface area contributed by atoms with Crippen molar-refractivity contribution in [1.29, 1.82) is 0 Å². The van der Waals surface area contributed by atoms with Crippen molar-refractivity contribution in [3.63, 3.8) is 0 Å². The van der Waals surface area contributed by atoms with E-state index in [-0.39, 0.29) is 0 Å². The molecule has 0 saturated heterocycles. The Morgan fingerprint density at radius 3 is 1.58 bits per heavy atom. The Morgan fingerprint density at radius 1 is 0.632 bits per heavy atom. The van der Waals surface area contributed by atoms with Crippen molar-refractivity contribution < 1.29 is 22.9 Å². The van der Waals surface area contributed by atoms with E-state index in [9.17, 15) is 0 Å². The van der Waals surface area contributed by atoms with Crippen molar-refractivity contribution >= 4 is 28.7 Å². The van der Waals surface area contributed by atoms with Crippen LogP contribution in [0.5, 0.6) is 0 Å². The standard InChI is InChI=1S/2C8H6N.Sc/c2*1-2-4-8-7(3-1)5-6-9-8;/h2*1-5,9H;. The molecule has 0 amide bonds. The second-order valence-electron chi connectivity index (χ2n) is 4.77. The first kappa shape index (κ1) is 11.2. The molecule has 89 valence electrons. The Bertz CT molecular complexity index is 719. The average molecular weight is 277 g/mol. The summed E-state index contributed by atoms with van der Waals surface area (Å²) in [6.45, 7) is 0. The van der Waals surface area contributed by atoms with E-state index in [1.807, 2.05) is 0 Å². The summed E-state index contributed by atoms with van der Waals surface area (Å²) in [5.41, 5.74) is 2.48. The van der Waals surface area contributed by atoms with Crippen molar-refractivity contribution in [3.05, 3.63) is 60.7 Å². The van der Waals surface area contributed by atoms with Crippen molar-refractivity contribution in [2.24, 2.45) is 0 Å². The van der Waals surface area contributed by atoms with Gasteiger partial charge in [-0.2, -0.15) is 0 Å². The number of rotatable bonds is 2. The Labute approximate surface area is 122 Å². The molecule has 0 spiro atoms. The summed E-state index contributed by atoms with van der Waals surface area (Å²) >= 11 is -0.635. The van der Waals surface area contributed by atoms with Crippen LogP contribution in [0.2, 0.25) is 0 Å². The summed E-state index contributed by atoms with van der Waals surface area (Å²) in [4.78, 5) is 7.08. The van der Waals surface area contributed by atoms with Gasteiger partial charge in [0.15, 0.2) is 0 Å². The maximum atomic E-state index is 3.54. The van der Waals surface area contributed by atoms with Gasteiger partial charge in [0.1, 0.15) is 0 Å². The van der Waals surface area contributed by atoms with E-state index in [1.165, 1.54) is 28.7 Å². The SMILES string of the molecule is c1ccc2[nH][c]([Sc][c]3cc4ccccc4[nH]3)cc2c1. The fourth-order valence-electron chi connectivity index (χ4n) is 2.51. The number of nitrogens with one attached hydrogen (secondary N) is 2. The van der Waals surface area contributed by atoms with Gasteiger partial charge < -0.3 is 0 Å². The molecule has 0 bridgehead atoms. The van der Waals surface area contributed by atoms with Gasteiger partial charge in [-0.25, -0.2) is 0 Å². The molecule has 0 fully saturated rings. The molecular formula is C16H12N2Sc. The Hall–Kier alpha value is -1.61. The number of hydrogen-bond acceptors (Lipinski definition) is 0. The predicted octanol–water partition coefficient (Wildman–Crippen LogP) is 2.68. The number of aromatic nitrogens is 2. The third-order valence-electron chi connectivity index (χ3n) is 3.41. The number of H-pyrrole nitrogens is 2. The fraction of sp³-hybridized carbons (Fsp3) is 0. The number of aromatic amines is 2. The van der Waals surface area contributed by atoms with Crippen LogP contribution in [0.3, 0.4) is 0 Å². The summed E-state index contributed by atoms with van der Waals surface area (Å²) < 4.78 is 2.80. The molecule has 0 aliphatic carbocycles. The van der Waals surface area contributed by atoms with Crippen LogP contribution >= 0.6 is 0 Å². The van der Waals surface area contributed by atoms with E-state index in [2.05, 4.69) is 70.6 Å². The van der Waals surface area contributed by atoms with Crippen LogP contribution in [0.15, 0.2) is 60.7 Å². The zero-order valence-corrected chi connectivity index (χ0v) is 12.2. The molecule has 2 aromatic heterocycles. The summed E-state index contributed by atoms with van der Waals surface area (Å²) in [7, 11) is 0. The Morgan fingerprint density at radius 2 is 1.11 bits per heavy atom. The van der Waals surface area contributed by atoms with Crippen molar-refractivity contribution in [2.45, 2.75) is 0 Å². The number of benzene rings is 2. The minimum atomic E-state index is -0.635. The van der Waals surface area contributed by atoms with E-state index in [1.54, 1.807) is 0 Å². The van der Waals surface area contributed by atoms with Gasteiger partial charge in [-0.05, 0) is 0 Å². The van der Waals surface area contributed by atoms with E-state index in [4.69, 9.17) is 0 Å².